The molecular weight excluding hydrogens is 266 g/mol. The van der Waals surface area contributed by atoms with Crippen LogP contribution in [0.15, 0.2) is 24.3 Å². The van der Waals surface area contributed by atoms with Crippen LogP contribution in [0.3, 0.4) is 0 Å². The number of aliphatic hydroxyl groups is 1. The molecule has 0 saturated carbocycles. The van der Waals surface area contributed by atoms with Crippen molar-refractivity contribution >= 4 is 5.91 Å². The Bertz CT molecular complexity index is 545. The quantitative estimate of drug-likeness (QED) is 0.873. The Morgan fingerprint density at radius 1 is 1.24 bits per heavy atom. The van der Waals surface area contributed by atoms with Crippen molar-refractivity contribution in [1.29, 1.82) is 0 Å². The van der Waals surface area contributed by atoms with Crippen molar-refractivity contribution in [3.05, 3.63) is 35.4 Å². The fourth-order valence-corrected chi connectivity index (χ4v) is 3.72. The topological polar surface area (TPSA) is 58.6 Å². The molecule has 4 unspecified atom stereocenters. The average Bonchev–Trinajstić information content (AvgIpc) is 2.88. The van der Waals surface area contributed by atoms with Crippen LogP contribution in [-0.2, 0) is 16.0 Å². The Kier molecular flexibility index (Phi) is 3.76. The number of fused-ring (bicyclic) bond motifs is 1. The van der Waals surface area contributed by atoms with Crippen LogP contribution in [0, 0.1) is 11.8 Å². The lowest BCUT2D eigenvalue weighted by atomic mass is 9.88. The molecular formula is C17H23NO3. The molecule has 4 nitrogen and oxygen atoms in total. The van der Waals surface area contributed by atoms with E-state index in [9.17, 15) is 9.90 Å². The highest BCUT2D eigenvalue weighted by molar-refractivity contribution is 5.80. The largest absolute Gasteiger partial charge is 0.390 e. The van der Waals surface area contributed by atoms with Gasteiger partial charge in [0.15, 0.2) is 0 Å². The van der Waals surface area contributed by atoms with Crippen molar-refractivity contribution in [2.45, 2.75) is 51.5 Å². The molecule has 6 atom stereocenters. The van der Waals surface area contributed by atoms with Gasteiger partial charge in [0.2, 0.25) is 5.91 Å². The number of carbonyl (C=O) groups excluding carboxylic acids is 1. The van der Waals surface area contributed by atoms with Gasteiger partial charge in [0.05, 0.1) is 30.3 Å². The SMILES string of the molecule is CC1OC(C)C(C(=O)N[C@H]2c3ccccc3C[C@H]2O)C1C. The Morgan fingerprint density at radius 3 is 2.62 bits per heavy atom. The maximum atomic E-state index is 12.6. The number of rotatable bonds is 2. The monoisotopic (exact) mass is 289 g/mol. The summed E-state index contributed by atoms with van der Waals surface area (Å²) in [5, 5.41) is 13.3. The lowest BCUT2D eigenvalue weighted by molar-refractivity contribution is -0.128. The van der Waals surface area contributed by atoms with Crippen molar-refractivity contribution < 1.29 is 14.6 Å². The Balaban J connectivity index is 1.76. The highest BCUT2D eigenvalue weighted by Crippen LogP contribution is 2.35. The molecule has 2 N–H and O–H groups in total. The molecule has 1 heterocycles. The molecule has 1 saturated heterocycles. The van der Waals surface area contributed by atoms with Crippen LogP contribution in [0.25, 0.3) is 0 Å². The second kappa shape index (κ2) is 5.43. The number of ether oxygens (including phenoxy) is 1. The van der Waals surface area contributed by atoms with Gasteiger partial charge in [-0.15, -0.1) is 0 Å². The highest BCUT2D eigenvalue weighted by Gasteiger charge is 2.43. The van der Waals surface area contributed by atoms with Gasteiger partial charge in [0.25, 0.3) is 0 Å². The fourth-order valence-electron chi connectivity index (χ4n) is 3.72. The Labute approximate surface area is 125 Å². The molecule has 3 rings (SSSR count). The standard InChI is InChI=1S/C17H23NO3/c1-9-10(2)21-11(3)15(9)17(20)18-16-13-7-5-4-6-12(13)8-14(16)19/h4-7,9-11,14-16,19H,8H2,1-3H3,(H,18,20)/t9?,10?,11?,14-,15?,16+/m1/s1. The van der Waals surface area contributed by atoms with Crippen LogP contribution < -0.4 is 5.32 Å². The first-order chi connectivity index (χ1) is 9.99. The van der Waals surface area contributed by atoms with E-state index in [0.717, 1.165) is 11.1 Å². The first-order valence-electron chi connectivity index (χ1n) is 7.70. The number of amides is 1. The molecule has 1 aliphatic carbocycles. The summed E-state index contributed by atoms with van der Waals surface area (Å²) in [6.07, 6.45) is 0.0705. The van der Waals surface area contributed by atoms with Crippen LogP contribution >= 0.6 is 0 Å². The normalized spacial score (nSPS) is 38.3. The molecule has 1 amide bonds. The molecule has 1 aromatic rings. The van der Waals surface area contributed by atoms with E-state index in [1.54, 1.807) is 0 Å². The van der Waals surface area contributed by atoms with Crippen LogP contribution in [0.5, 0.6) is 0 Å². The number of hydrogen-bond acceptors (Lipinski definition) is 3. The Hall–Kier alpha value is -1.39. The van der Waals surface area contributed by atoms with E-state index in [-0.39, 0.29) is 36.0 Å². The molecule has 0 bridgehead atoms. The van der Waals surface area contributed by atoms with E-state index in [2.05, 4.69) is 12.2 Å². The van der Waals surface area contributed by atoms with Gasteiger partial charge in [-0.05, 0) is 30.9 Å². The number of hydrogen-bond donors (Lipinski definition) is 2. The summed E-state index contributed by atoms with van der Waals surface area (Å²) in [7, 11) is 0. The fraction of sp³-hybridized carbons (Fsp3) is 0.588. The predicted molar refractivity (Wildman–Crippen MR) is 79.7 cm³/mol. The lowest BCUT2D eigenvalue weighted by Crippen LogP contribution is -2.41. The minimum Gasteiger partial charge on any atom is -0.390 e. The summed E-state index contributed by atoms with van der Waals surface area (Å²) >= 11 is 0. The van der Waals surface area contributed by atoms with Crippen molar-refractivity contribution in [3.63, 3.8) is 0 Å². The summed E-state index contributed by atoms with van der Waals surface area (Å²) in [4.78, 5) is 12.6. The van der Waals surface area contributed by atoms with Crippen molar-refractivity contribution in [2.24, 2.45) is 11.8 Å². The molecule has 0 aromatic heterocycles. The summed E-state index contributed by atoms with van der Waals surface area (Å²) in [5.74, 6) is 0.0221. The molecule has 21 heavy (non-hydrogen) atoms. The van der Waals surface area contributed by atoms with Gasteiger partial charge in [0, 0.05) is 6.42 Å². The molecule has 2 aliphatic rings. The van der Waals surface area contributed by atoms with E-state index in [1.165, 1.54) is 0 Å². The minimum absolute atomic E-state index is 0.0138. The van der Waals surface area contributed by atoms with E-state index in [0.29, 0.717) is 6.42 Å². The van der Waals surface area contributed by atoms with Gasteiger partial charge >= 0.3 is 0 Å². The molecule has 0 spiro atoms. The minimum atomic E-state index is -0.545. The summed E-state index contributed by atoms with van der Waals surface area (Å²) < 4.78 is 5.74. The molecule has 1 fully saturated rings. The van der Waals surface area contributed by atoms with Crippen molar-refractivity contribution in [3.8, 4) is 0 Å². The number of aliphatic hydroxyl groups excluding tert-OH is 1. The zero-order valence-electron chi connectivity index (χ0n) is 12.7. The maximum Gasteiger partial charge on any atom is 0.226 e. The predicted octanol–water partition coefficient (Wildman–Crippen LogP) is 1.82. The summed E-state index contributed by atoms with van der Waals surface area (Å²) in [5.41, 5.74) is 2.15. The van der Waals surface area contributed by atoms with E-state index in [1.807, 2.05) is 38.1 Å². The van der Waals surface area contributed by atoms with Gasteiger partial charge in [-0.2, -0.15) is 0 Å². The second-order valence-electron chi connectivity index (χ2n) is 6.39. The van der Waals surface area contributed by atoms with Crippen LogP contribution in [0.4, 0.5) is 0 Å². The zero-order valence-corrected chi connectivity index (χ0v) is 12.7. The zero-order chi connectivity index (χ0) is 15.1. The smallest absolute Gasteiger partial charge is 0.226 e. The van der Waals surface area contributed by atoms with Gasteiger partial charge in [0.1, 0.15) is 0 Å². The lowest BCUT2D eigenvalue weighted by Gasteiger charge is -2.23. The van der Waals surface area contributed by atoms with Gasteiger partial charge < -0.3 is 15.2 Å². The first kappa shape index (κ1) is 14.5. The molecule has 1 aromatic carbocycles. The van der Waals surface area contributed by atoms with Gasteiger partial charge in [-0.1, -0.05) is 31.2 Å². The molecule has 4 heteroatoms. The number of nitrogens with one attached hydrogen (secondary N) is 1. The third kappa shape index (κ3) is 2.47. The molecule has 1 aliphatic heterocycles. The Morgan fingerprint density at radius 2 is 1.95 bits per heavy atom. The third-order valence-corrected chi connectivity index (χ3v) is 5.05. The number of benzene rings is 1. The number of carbonyl (C=O) groups is 1. The highest BCUT2D eigenvalue weighted by atomic mass is 16.5. The third-order valence-electron chi connectivity index (χ3n) is 5.05. The first-order valence-corrected chi connectivity index (χ1v) is 7.70. The van der Waals surface area contributed by atoms with Crippen molar-refractivity contribution in [1.82, 2.24) is 5.32 Å². The molecule has 0 radical (unpaired) electrons. The van der Waals surface area contributed by atoms with Gasteiger partial charge in [-0.3, -0.25) is 4.79 Å². The van der Waals surface area contributed by atoms with Crippen LogP contribution in [-0.4, -0.2) is 29.3 Å². The molecule has 114 valence electrons. The summed E-state index contributed by atoms with van der Waals surface area (Å²) in [6, 6.07) is 7.60. The second-order valence-corrected chi connectivity index (χ2v) is 6.39. The summed E-state index contributed by atoms with van der Waals surface area (Å²) in [6.45, 7) is 6.01. The van der Waals surface area contributed by atoms with Crippen LogP contribution in [0.2, 0.25) is 0 Å². The average molecular weight is 289 g/mol. The van der Waals surface area contributed by atoms with E-state index < -0.39 is 6.10 Å². The van der Waals surface area contributed by atoms with E-state index in [4.69, 9.17) is 4.74 Å². The van der Waals surface area contributed by atoms with Gasteiger partial charge in [-0.25, -0.2) is 0 Å². The van der Waals surface area contributed by atoms with Crippen molar-refractivity contribution in [2.75, 3.05) is 0 Å². The maximum absolute atomic E-state index is 12.6. The van der Waals surface area contributed by atoms with Crippen LogP contribution in [0.1, 0.15) is 37.9 Å². The van der Waals surface area contributed by atoms with E-state index >= 15 is 0 Å².